The number of fused-ring (bicyclic) bond motifs is 1. The molecule has 2 aliphatic rings. The number of nitrogens with zero attached hydrogens (tertiary/aromatic N) is 1. The highest BCUT2D eigenvalue weighted by atomic mass is 16.2. The van der Waals surface area contributed by atoms with E-state index in [1.807, 2.05) is 12.1 Å². The molecule has 3 N–H and O–H groups in total. The third-order valence-electron chi connectivity index (χ3n) is 3.71. The van der Waals surface area contributed by atoms with Crippen LogP contribution < -0.4 is 16.4 Å². The fraction of sp³-hybridized carbons (Fsp3) is 0.462. The van der Waals surface area contributed by atoms with Gasteiger partial charge in [-0.15, -0.1) is 0 Å². The largest absolute Gasteiger partial charge is 0.323 e. The molecule has 0 aromatic heterocycles. The fourth-order valence-electron chi connectivity index (χ4n) is 2.71. The van der Waals surface area contributed by atoms with Crippen LogP contribution in [0.2, 0.25) is 0 Å². The minimum atomic E-state index is -0.0820. The van der Waals surface area contributed by atoms with Crippen molar-refractivity contribution < 1.29 is 4.79 Å². The van der Waals surface area contributed by atoms with Crippen molar-refractivity contribution in [1.29, 1.82) is 0 Å². The van der Waals surface area contributed by atoms with Gasteiger partial charge in [0.05, 0.1) is 17.4 Å². The molecule has 1 saturated heterocycles. The van der Waals surface area contributed by atoms with Crippen LogP contribution in [0.1, 0.15) is 5.56 Å². The molecule has 1 aromatic carbocycles. The average Bonchev–Trinajstić information content (AvgIpc) is 2.40. The molecular formula is C13H17N4O. The number of rotatable bonds is 1. The van der Waals surface area contributed by atoms with E-state index in [4.69, 9.17) is 5.73 Å². The molecule has 1 atom stereocenters. The maximum Gasteiger partial charge on any atom is 0.242 e. The molecule has 95 valence electrons. The van der Waals surface area contributed by atoms with Crippen molar-refractivity contribution >= 4 is 17.3 Å². The molecule has 5 nitrogen and oxygen atoms in total. The van der Waals surface area contributed by atoms with Gasteiger partial charge in [0, 0.05) is 26.2 Å². The van der Waals surface area contributed by atoms with Gasteiger partial charge in [0.2, 0.25) is 5.91 Å². The third-order valence-corrected chi connectivity index (χ3v) is 3.71. The van der Waals surface area contributed by atoms with Gasteiger partial charge in [-0.1, -0.05) is 12.1 Å². The van der Waals surface area contributed by atoms with Gasteiger partial charge in [0.1, 0.15) is 0 Å². The van der Waals surface area contributed by atoms with Crippen LogP contribution in [0.25, 0.3) is 0 Å². The van der Waals surface area contributed by atoms with E-state index >= 15 is 0 Å². The third kappa shape index (κ3) is 1.95. The van der Waals surface area contributed by atoms with Crippen LogP contribution in [-0.4, -0.2) is 43.0 Å². The van der Waals surface area contributed by atoms with Gasteiger partial charge in [-0.3, -0.25) is 15.4 Å². The molecule has 3 rings (SSSR count). The number of carbonyl (C=O) groups is 1. The highest BCUT2D eigenvalue weighted by Crippen LogP contribution is 2.30. The van der Waals surface area contributed by atoms with Crippen LogP contribution in [0.15, 0.2) is 18.2 Å². The number of para-hydroxylation sites is 1. The Hall–Kier alpha value is -1.59. The first kappa shape index (κ1) is 11.5. The summed E-state index contributed by atoms with van der Waals surface area (Å²) in [4.78, 5) is 14.4. The summed E-state index contributed by atoms with van der Waals surface area (Å²) >= 11 is 0. The molecule has 1 unspecified atom stereocenters. The number of anilines is 1. The Balaban J connectivity index is 1.85. The van der Waals surface area contributed by atoms with Crippen molar-refractivity contribution in [2.24, 2.45) is 0 Å². The number of hydrogen-bond acceptors (Lipinski definition) is 3. The highest BCUT2D eigenvalue weighted by molar-refractivity contribution is 6.00. The van der Waals surface area contributed by atoms with Crippen LogP contribution in [0, 0.1) is 0 Å². The highest BCUT2D eigenvalue weighted by Gasteiger charge is 2.32. The lowest BCUT2D eigenvalue weighted by molar-refractivity contribution is -0.121. The van der Waals surface area contributed by atoms with Gasteiger partial charge < -0.3 is 10.6 Å². The number of hydrogen-bond donors (Lipinski definition) is 2. The minimum absolute atomic E-state index is 0.0316. The van der Waals surface area contributed by atoms with E-state index in [0.717, 1.165) is 31.7 Å². The zero-order valence-corrected chi connectivity index (χ0v) is 10.2. The number of nitrogens with one attached hydrogen (secondary N) is 3. The second kappa shape index (κ2) is 4.59. The molecule has 0 saturated carbocycles. The van der Waals surface area contributed by atoms with E-state index < -0.39 is 0 Å². The van der Waals surface area contributed by atoms with Crippen LogP contribution in [0.4, 0.5) is 11.4 Å². The molecule has 2 heterocycles. The van der Waals surface area contributed by atoms with Gasteiger partial charge in [-0.05, 0) is 18.1 Å². The van der Waals surface area contributed by atoms with E-state index in [-0.39, 0.29) is 11.9 Å². The summed E-state index contributed by atoms with van der Waals surface area (Å²) in [6.07, 6.45) is 0.716. The first-order valence-electron chi connectivity index (χ1n) is 6.35. The summed E-state index contributed by atoms with van der Waals surface area (Å²) in [7, 11) is 0. The van der Waals surface area contributed by atoms with Crippen molar-refractivity contribution in [3.05, 3.63) is 23.8 Å². The quantitative estimate of drug-likeness (QED) is 0.751. The zero-order chi connectivity index (χ0) is 12.5. The van der Waals surface area contributed by atoms with Crippen molar-refractivity contribution in [1.82, 2.24) is 16.0 Å². The van der Waals surface area contributed by atoms with E-state index in [2.05, 4.69) is 15.5 Å². The van der Waals surface area contributed by atoms with E-state index in [1.54, 1.807) is 6.07 Å². The van der Waals surface area contributed by atoms with E-state index in [9.17, 15) is 4.79 Å². The monoisotopic (exact) mass is 245 g/mol. The van der Waals surface area contributed by atoms with Crippen LogP contribution in [0.5, 0.6) is 0 Å². The topological polar surface area (TPSA) is 68.2 Å². The summed E-state index contributed by atoms with van der Waals surface area (Å²) in [5.41, 5.74) is 9.98. The van der Waals surface area contributed by atoms with Crippen molar-refractivity contribution in [3.63, 3.8) is 0 Å². The van der Waals surface area contributed by atoms with Gasteiger partial charge in [-0.25, -0.2) is 0 Å². The maximum atomic E-state index is 12.2. The lowest BCUT2D eigenvalue weighted by Gasteiger charge is -2.36. The first-order chi connectivity index (χ1) is 8.75. The SMILES string of the molecule is [NH]c1cccc2c1NC(=O)C(N1CCNCC1)C2. The lowest BCUT2D eigenvalue weighted by Crippen LogP contribution is -2.54. The van der Waals surface area contributed by atoms with Gasteiger partial charge >= 0.3 is 0 Å². The summed E-state index contributed by atoms with van der Waals surface area (Å²) in [6.45, 7) is 3.70. The molecule has 1 aromatic rings. The number of benzene rings is 1. The van der Waals surface area contributed by atoms with E-state index in [0.29, 0.717) is 17.8 Å². The molecule has 0 aliphatic carbocycles. The molecule has 2 aliphatic heterocycles. The normalized spacial score (nSPS) is 24.4. The molecule has 1 fully saturated rings. The Morgan fingerprint density at radius 1 is 1.28 bits per heavy atom. The van der Waals surface area contributed by atoms with Crippen molar-refractivity contribution in [2.75, 3.05) is 31.5 Å². The molecule has 0 bridgehead atoms. The van der Waals surface area contributed by atoms with Crippen LogP contribution >= 0.6 is 0 Å². The second-order valence-corrected chi connectivity index (χ2v) is 4.83. The molecule has 1 radical (unpaired) electrons. The second-order valence-electron chi connectivity index (χ2n) is 4.83. The molecule has 5 heteroatoms. The number of carbonyl (C=O) groups excluding carboxylic acids is 1. The van der Waals surface area contributed by atoms with Crippen LogP contribution in [0.3, 0.4) is 0 Å². The Labute approximate surface area is 106 Å². The average molecular weight is 245 g/mol. The van der Waals surface area contributed by atoms with Gasteiger partial charge in [0.15, 0.2) is 0 Å². The predicted octanol–water partition coefficient (Wildman–Crippen LogP) is 0.369. The maximum absolute atomic E-state index is 12.2. The Kier molecular flexibility index (Phi) is 2.93. The number of amides is 1. The zero-order valence-electron chi connectivity index (χ0n) is 10.2. The Morgan fingerprint density at radius 2 is 2.06 bits per heavy atom. The number of piperazine rings is 1. The van der Waals surface area contributed by atoms with Crippen LogP contribution in [-0.2, 0) is 11.2 Å². The Bertz CT molecular complexity index is 468. The van der Waals surface area contributed by atoms with Crippen molar-refractivity contribution in [2.45, 2.75) is 12.5 Å². The molecule has 1 amide bonds. The molecule has 18 heavy (non-hydrogen) atoms. The van der Waals surface area contributed by atoms with Gasteiger partial charge in [0.25, 0.3) is 0 Å². The lowest BCUT2D eigenvalue weighted by atomic mass is 9.96. The van der Waals surface area contributed by atoms with Crippen molar-refractivity contribution in [3.8, 4) is 0 Å². The predicted molar refractivity (Wildman–Crippen MR) is 69.8 cm³/mol. The van der Waals surface area contributed by atoms with Gasteiger partial charge in [-0.2, -0.15) is 0 Å². The standard InChI is InChI=1S/C13H17N4O/c14-10-3-1-2-9-8-11(13(18)16-12(9)10)17-6-4-15-5-7-17/h1-3,11,14-15H,4-8H2,(H,16,18). The summed E-state index contributed by atoms with van der Waals surface area (Å²) in [5.74, 6) is 0.0316. The minimum Gasteiger partial charge on any atom is -0.323 e. The summed E-state index contributed by atoms with van der Waals surface area (Å²) in [5, 5.41) is 6.18. The fourth-order valence-corrected chi connectivity index (χ4v) is 2.71. The summed E-state index contributed by atoms with van der Waals surface area (Å²) in [6, 6.07) is 5.51. The first-order valence-corrected chi connectivity index (χ1v) is 6.35. The summed E-state index contributed by atoms with van der Waals surface area (Å²) < 4.78 is 0. The van der Waals surface area contributed by atoms with E-state index in [1.165, 1.54) is 0 Å². The molecular weight excluding hydrogens is 228 g/mol. The Morgan fingerprint density at radius 3 is 2.83 bits per heavy atom. The smallest absolute Gasteiger partial charge is 0.242 e. The molecule has 0 spiro atoms.